The van der Waals surface area contributed by atoms with Crippen molar-refractivity contribution >= 4 is 35.4 Å². The molecule has 0 N–H and O–H groups in total. The maximum atomic E-state index is 13.1. The molecule has 1 amide bonds. The van der Waals surface area contributed by atoms with Gasteiger partial charge in [-0.2, -0.15) is 10.1 Å². The predicted molar refractivity (Wildman–Crippen MR) is 122 cm³/mol. The fourth-order valence-electron chi connectivity index (χ4n) is 3.12. The molecule has 0 aromatic heterocycles. The molecule has 162 valence electrons. The number of hydrazone groups is 1. The van der Waals surface area contributed by atoms with Crippen LogP contribution in [0.15, 0.2) is 94.7 Å². The van der Waals surface area contributed by atoms with E-state index in [1.807, 2.05) is 6.07 Å². The van der Waals surface area contributed by atoms with Crippen molar-refractivity contribution in [1.82, 2.24) is 5.01 Å². The number of carbonyl (C=O) groups excluding carboxylic acids is 1. The molecule has 3 aromatic carbocycles. The summed E-state index contributed by atoms with van der Waals surface area (Å²) in [5, 5.41) is 27.4. The van der Waals surface area contributed by atoms with E-state index in [4.69, 9.17) is 0 Å². The highest BCUT2D eigenvalue weighted by molar-refractivity contribution is 6.19. The number of nitrogens with zero attached hydrogens (tertiary/aromatic N) is 5. The molecule has 33 heavy (non-hydrogen) atoms. The Bertz CT molecular complexity index is 1330. The van der Waals surface area contributed by atoms with E-state index in [9.17, 15) is 25.0 Å². The zero-order valence-electron chi connectivity index (χ0n) is 16.9. The lowest BCUT2D eigenvalue weighted by Crippen LogP contribution is -2.27. The molecular formula is C23H15N5O5. The van der Waals surface area contributed by atoms with Crippen molar-refractivity contribution in [2.75, 3.05) is 0 Å². The minimum absolute atomic E-state index is 0.0703. The van der Waals surface area contributed by atoms with E-state index in [0.717, 1.165) is 5.01 Å². The van der Waals surface area contributed by atoms with Gasteiger partial charge in [-0.1, -0.05) is 42.5 Å². The fourth-order valence-corrected chi connectivity index (χ4v) is 3.12. The van der Waals surface area contributed by atoms with Crippen LogP contribution in [0.4, 0.5) is 11.4 Å². The van der Waals surface area contributed by atoms with Gasteiger partial charge in [-0.05, 0) is 29.8 Å². The molecule has 0 bridgehead atoms. The van der Waals surface area contributed by atoms with Gasteiger partial charge in [0.05, 0.1) is 21.6 Å². The van der Waals surface area contributed by atoms with Crippen molar-refractivity contribution in [2.24, 2.45) is 10.1 Å². The molecule has 0 aliphatic carbocycles. The van der Waals surface area contributed by atoms with Crippen LogP contribution in [0.5, 0.6) is 0 Å². The second-order valence-corrected chi connectivity index (χ2v) is 6.86. The number of para-hydroxylation sites is 1. The minimum atomic E-state index is -0.540. The largest absolute Gasteiger partial charge is 0.298 e. The van der Waals surface area contributed by atoms with Gasteiger partial charge in [-0.15, -0.1) is 0 Å². The summed E-state index contributed by atoms with van der Waals surface area (Å²) < 4.78 is 0. The smallest absolute Gasteiger partial charge is 0.265 e. The van der Waals surface area contributed by atoms with Crippen molar-refractivity contribution in [1.29, 1.82) is 0 Å². The zero-order valence-corrected chi connectivity index (χ0v) is 16.9. The summed E-state index contributed by atoms with van der Waals surface area (Å²) in [6.07, 6.45) is 2.73. The first-order valence-corrected chi connectivity index (χ1v) is 9.66. The lowest BCUT2D eigenvalue weighted by Gasteiger charge is -2.11. The van der Waals surface area contributed by atoms with E-state index < -0.39 is 15.8 Å². The molecule has 0 fully saturated rings. The fraction of sp³-hybridized carbons (Fsp3) is 0. The monoisotopic (exact) mass is 441 g/mol. The Labute approximate surface area is 187 Å². The Balaban J connectivity index is 1.72. The number of aliphatic imine (C=N–C) groups is 1. The summed E-state index contributed by atoms with van der Waals surface area (Å²) in [6, 6.07) is 20.6. The van der Waals surface area contributed by atoms with Crippen LogP contribution in [0.1, 0.15) is 16.7 Å². The lowest BCUT2D eigenvalue weighted by molar-refractivity contribution is -0.385. The van der Waals surface area contributed by atoms with Gasteiger partial charge in [0.2, 0.25) is 0 Å². The summed E-state index contributed by atoms with van der Waals surface area (Å²) in [5.74, 6) is -0.286. The van der Waals surface area contributed by atoms with Crippen LogP contribution >= 0.6 is 0 Å². The van der Waals surface area contributed by atoms with Gasteiger partial charge in [0.1, 0.15) is 5.70 Å². The highest BCUT2D eigenvalue weighted by Gasteiger charge is 2.31. The Morgan fingerprint density at radius 1 is 0.848 bits per heavy atom. The van der Waals surface area contributed by atoms with Crippen molar-refractivity contribution in [2.45, 2.75) is 0 Å². The third-order valence-electron chi connectivity index (χ3n) is 4.72. The lowest BCUT2D eigenvalue weighted by atomic mass is 10.2. The predicted octanol–water partition coefficient (Wildman–Crippen LogP) is 4.17. The molecular weight excluding hydrogens is 426 g/mol. The van der Waals surface area contributed by atoms with E-state index in [2.05, 4.69) is 10.1 Å². The highest BCUT2D eigenvalue weighted by atomic mass is 16.6. The Kier molecular flexibility index (Phi) is 5.81. The minimum Gasteiger partial charge on any atom is -0.265 e. The number of carbonyl (C=O) groups is 1. The summed E-state index contributed by atoms with van der Waals surface area (Å²) in [4.78, 5) is 38.6. The molecule has 3 aromatic rings. The standard InChI is InChI=1S/C23H15N5O5/c29-23-20(14-16-10-12-19(13-11-16)27(30)31)25-22(17-6-2-1-3-7-17)26(23)24-15-18-8-4-5-9-21(18)28(32)33/h1-15H/b20-14-,24-15+. The molecule has 0 spiro atoms. The van der Waals surface area contributed by atoms with Gasteiger partial charge in [-0.3, -0.25) is 25.0 Å². The molecule has 0 radical (unpaired) electrons. The van der Waals surface area contributed by atoms with Crippen LogP contribution in [0.25, 0.3) is 6.08 Å². The highest BCUT2D eigenvalue weighted by Crippen LogP contribution is 2.24. The second-order valence-electron chi connectivity index (χ2n) is 6.86. The van der Waals surface area contributed by atoms with Gasteiger partial charge in [0.25, 0.3) is 17.3 Å². The molecule has 10 nitrogen and oxygen atoms in total. The van der Waals surface area contributed by atoms with Gasteiger partial charge in [0.15, 0.2) is 5.84 Å². The third kappa shape index (κ3) is 4.54. The van der Waals surface area contributed by atoms with Crippen molar-refractivity contribution in [3.63, 3.8) is 0 Å². The van der Waals surface area contributed by atoms with Crippen molar-refractivity contribution in [3.05, 3.63) is 121 Å². The average Bonchev–Trinajstić information content (AvgIpc) is 3.13. The molecule has 10 heteroatoms. The molecule has 1 aliphatic rings. The number of rotatable bonds is 6. The van der Waals surface area contributed by atoms with Crippen molar-refractivity contribution in [3.8, 4) is 0 Å². The number of amides is 1. The van der Waals surface area contributed by atoms with Crippen LogP contribution in [0.3, 0.4) is 0 Å². The number of benzene rings is 3. The number of nitro groups is 2. The zero-order chi connectivity index (χ0) is 23.4. The Hall–Kier alpha value is -4.99. The van der Waals surface area contributed by atoms with Crippen LogP contribution in [-0.4, -0.2) is 32.8 Å². The second kappa shape index (κ2) is 9.02. The number of hydrogen-bond acceptors (Lipinski definition) is 7. The molecule has 1 aliphatic heterocycles. The summed E-state index contributed by atoms with van der Waals surface area (Å²) in [5.41, 5.74) is 1.26. The van der Waals surface area contributed by atoms with Crippen LogP contribution in [0.2, 0.25) is 0 Å². The van der Waals surface area contributed by atoms with Gasteiger partial charge < -0.3 is 0 Å². The topological polar surface area (TPSA) is 131 Å². The summed E-state index contributed by atoms with van der Waals surface area (Å²) in [7, 11) is 0. The van der Waals surface area contributed by atoms with Crippen LogP contribution in [-0.2, 0) is 4.79 Å². The maximum Gasteiger partial charge on any atom is 0.298 e. The molecule has 0 unspecified atom stereocenters. The first-order valence-electron chi connectivity index (χ1n) is 9.66. The Morgan fingerprint density at radius 3 is 2.18 bits per heavy atom. The number of hydrogen-bond donors (Lipinski definition) is 0. The summed E-state index contributed by atoms with van der Waals surface area (Å²) >= 11 is 0. The van der Waals surface area contributed by atoms with E-state index in [0.29, 0.717) is 11.1 Å². The summed E-state index contributed by atoms with van der Waals surface area (Å²) in [6.45, 7) is 0. The number of amidine groups is 1. The molecule has 4 rings (SSSR count). The molecule has 0 saturated heterocycles. The first-order chi connectivity index (χ1) is 15.9. The van der Waals surface area contributed by atoms with Gasteiger partial charge in [-0.25, -0.2) is 4.99 Å². The Morgan fingerprint density at radius 2 is 1.52 bits per heavy atom. The molecule has 0 atom stereocenters. The SMILES string of the molecule is O=C1/C(=C/c2ccc([N+](=O)[O-])cc2)N=C(c2ccccc2)N1/N=C/c1ccccc1[N+](=O)[O-]. The van der Waals surface area contributed by atoms with Crippen LogP contribution in [0, 0.1) is 20.2 Å². The normalized spacial score (nSPS) is 14.7. The van der Waals surface area contributed by atoms with Crippen LogP contribution < -0.4 is 0 Å². The van der Waals surface area contributed by atoms with E-state index in [1.54, 1.807) is 36.4 Å². The molecule has 0 saturated carbocycles. The molecule has 1 heterocycles. The number of nitro benzene ring substituents is 2. The van der Waals surface area contributed by atoms with Crippen molar-refractivity contribution < 1.29 is 14.6 Å². The third-order valence-corrected chi connectivity index (χ3v) is 4.72. The van der Waals surface area contributed by atoms with E-state index in [-0.39, 0.29) is 28.5 Å². The number of non-ortho nitro benzene ring substituents is 1. The van der Waals surface area contributed by atoms with E-state index >= 15 is 0 Å². The quantitative estimate of drug-likeness (QED) is 0.245. The van der Waals surface area contributed by atoms with Gasteiger partial charge >= 0.3 is 0 Å². The van der Waals surface area contributed by atoms with E-state index in [1.165, 1.54) is 48.7 Å². The van der Waals surface area contributed by atoms with Gasteiger partial charge in [0, 0.05) is 23.8 Å². The maximum absolute atomic E-state index is 13.1. The first kappa shape index (κ1) is 21.2. The average molecular weight is 441 g/mol.